The molecule has 3 N–H and O–H groups in total. The fourth-order valence-electron chi connectivity index (χ4n) is 2.69. The minimum absolute atomic E-state index is 0.0453. The molecule has 26 heavy (non-hydrogen) atoms. The van der Waals surface area contributed by atoms with E-state index in [9.17, 15) is 9.90 Å². The number of hydrogen-bond acceptors (Lipinski definition) is 7. The summed E-state index contributed by atoms with van der Waals surface area (Å²) in [6.07, 6.45) is 7.24. The lowest BCUT2D eigenvalue weighted by molar-refractivity contribution is 0.271. The van der Waals surface area contributed by atoms with Gasteiger partial charge in [-0.15, -0.1) is 0 Å². The molecule has 0 fully saturated rings. The fourth-order valence-corrected chi connectivity index (χ4v) is 2.69. The van der Waals surface area contributed by atoms with Crippen molar-refractivity contribution in [2.75, 3.05) is 17.2 Å². The minimum atomic E-state index is -0.188. The topological polar surface area (TPSA) is 105 Å². The number of fused-ring (bicyclic) bond motifs is 1. The Morgan fingerprint density at radius 3 is 2.77 bits per heavy atom. The summed E-state index contributed by atoms with van der Waals surface area (Å²) in [4.78, 5) is 25.5. The van der Waals surface area contributed by atoms with Crippen molar-refractivity contribution >= 4 is 28.2 Å². The van der Waals surface area contributed by atoms with Crippen LogP contribution in [-0.2, 0) is 6.54 Å². The van der Waals surface area contributed by atoms with Gasteiger partial charge in [-0.25, -0.2) is 9.97 Å². The molecule has 0 aliphatic carbocycles. The number of nitrogens with zero attached hydrogens (tertiary/aromatic N) is 4. The third-order valence-electron chi connectivity index (χ3n) is 4.17. The zero-order valence-electron chi connectivity index (χ0n) is 14.8. The molecule has 0 aliphatic heterocycles. The molecular weight excluding hydrogens is 332 g/mol. The van der Waals surface area contributed by atoms with Gasteiger partial charge in [0, 0.05) is 25.1 Å². The van der Waals surface area contributed by atoms with Gasteiger partial charge < -0.3 is 20.3 Å². The molecule has 0 bridgehead atoms. The molecule has 0 saturated heterocycles. The van der Waals surface area contributed by atoms with Crippen LogP contribution in [0.5, 0.6) is 0 Å². The van der Waals surface area contributed by atoms with Crippen molar-refractivity contribution in [1.29, 1.82) is 0 Å². The summed E-state index contributed by atoms with van der Waals surface area (Å²) < 4.78 is 1.63. The lowest BCUT2D eigenvalue weighted by Gasteiger charge is -2.18. The van der Waals surface area contributed by atoms with Crippen molar-refractivity contribution in [3.8, 4) is 0 Å². The zero-order valence-corrected chi connectivity index (χ0v) is 14.8. The molecule has 8 nitrogen and oxygen atoms in total. The highest BCUT2D eigenvalue weighted by molar-refractivity contribution is 5.93. The number of rotatable bonds is 7. The maximum atomic E-state index is 12.8. The van der Waals surface area contributed by atoms with E-state index in [2.05, 4.69) is 25.6 Å². The Morgan fingerprint density at radius 1 is 1.27 bits per heavy atom. The van der Waals surface area contributed by atoms with E-state index in [0.29, 0.717) is 35.8 Å². The molecule has 3 aromatic rings. The van der Waals surface area contributed by atoms with Crippen molar-refractivity contribution in [2.24, 2.45) is 0 Å². The summed E-state index contributed by atoms with van der Waals surface area (Å²) in [5, 5.41) is 17.1. The second kappa shape index (κ2) is 7.92. The van der Waals surface area contributed by atoms with E-state index in [1.54, 1.807) is 35.4 Å². The highest BCUT2D eigenvalue weighted by Gasteiger charge is 2.14. The van der Waals surface area contributed by atoms with Crippen LogP contribution < -0.4 is 16.2 Å². The van der Waals surface area contributed by atoms with E-state index < -0.39 is 0 Å². The van der Waals surface area contributed by atoms with Crippen LogP contribution in [0.2, 0.25) is 0 Å². The van der Waals surface area contributed by atoms with E-state index in [-0.39, 0.29) is 18.2 Å². The van der Waals surface area contributed by atoms with Crippen LogP contribution in [0.3, 0.4) is 0 Å². The number of nitrogens with one attached hydrogen (secondary N) is 2. The summed E-state index contributed by atoms with van der Waals surface area (Å²) in [7, 11) is 0. The molecule has 3 heterocycles. The van der Waals surface area contributed by atoms with Crippen molar-refractivity contribution in [3.05, 3.63) is 47.3 Å². The molecule has 3 aromatic heterocycles. The second-order valence-corrected chi connectivity index (χ2v) is 5.87. The lowest BCUT2D eigenvalue weighted by Crippen LogP contribution is -2.26. The number of aromatic nitrogens is 4. The van der Waals surface area contributed by atoms with Crippen LogP contribution in [0, 0.1) is 0 Å². The van der Waals surface area contributed by atoms with Gasteiger partial charge in [-0.2, -0.15) is 0 Å². The molecule has 0 spiro atoms. The maximum Gasteiger partial charge on any atom is 0.262 e. The zero-order chi connectivity index (χ0) is 18.5. The Balaban J connectivity index is 2.12. The van der Waals surface area contributed by atoms with Crippen LogP contribution in [-0.4, -0.2) is 37.3 Å². The van der Waals surface area contributed by atoms with E-state index in [1.807, 2.05) is 19.9 Å². The van der Waals surface area contributed by atoms with Crippen molar-refractivity contribution in [2.45, 2.75) is 32.9 Å². The predicted octanol–water partition coefficient (Wildman–Crippen LogP) is 2.13. The van der Waals surface area contributed by atoms with Gasteiger partial charge in [-0.05, 0) is 30.9 Å². The molecule has 0 radical (unpaired) electrons. The van der Waals surface area contributed by atoms with E-state index >= 15 is 0 Å². The number of aliphatic hydroxyl groups is 1. The Bertz CT molecular complexity index is 938. The molecule has 0 saturated carbocycles. The smallest absolute Gasteiger partial charge is 0.262 e. The van der Waals surface area contributed by atoms with Gasteiger partial charge in [0.2, 0.25) is 0 Å². The first-order valence-electron chi connectivity index (χ1n) is 8.60. The minimum Gasteiger partial charge on any atom is -0.394 e. The van der Waals surface area contributed by atoms with Crippen LogP contribution in [0.4, 0.5) is 17.5 Å². The summed E-state index contributed by atoms with van der Waals surface area (Å²) in [6.45, 7) is 4.41. The highest BCUT2D eigenvalue weighted by Crippen LogP contribution is 2.24. The fraction of sp³-hybridized carbons (Fsp3) is 0.333. The van der Waals surface area contributed by atoms with Crippen LogP contribution in [0.15, 0.2) is 41.7 Å². The molecular formula is C18H22N6O2. The predicted molar refractivity (Wildman–Crippen MR) is 102 cm³/mol. The van der Waals surface area contributed by atoms with Gasteiger partial charge in [0.15, 0.2) is 0 Å². The summed E-state index contributed by atoms with van der Waals surface area (Å²) >= 11 is 0. The molecule has 0 unspecified atom stereocenters. The molecule has 3 rings (SSSR count). The van der Waals surface area contributed by atoms with Gasteiger partial charge in [-0.3, -0.25) is 9.78 Å². The van der Waals surface area contributed by atoms with Crippen LogP contribution in [0.1, 0.15) is 20.3 Å². The summed E-state index contributed by atoms with van der Waals surface area (Å²) in [6, 6.07) is 3.50. The Morgan fingerprint density at radius 2 is 2.12 bits per heavy atom. The van der Waals surface area contributed by atoms with Crippen LogP contribution in [0.25, 0.3) is 10.8 Å². The number of anilines is 3. The first kappa shape index (κ1) is 17.8. The maximum absolute atomic E-state index is 12.8. The Labute approximate surface area is 151 Å². The monoisotopic (exact) mass is 354 g/mol. The number of aliphatic hydroxyl groups excluding tert-OH is 1. The van der Waals surface area contributed by atoms with E-state index in [1.165, 1.54) is 0 Å². The Kier molecular flexibility index (Phi) is 5.43. The van der Waals surface area contributed by atoms with Gasteiger partial charge in [0.1, 0.15) is 17.5 Å². The summed E-state index contributed by atoms with van der Waals surface area (Å²) in [5.41, 5.74) is -0.112. The lowest BCUT2D eigenvalue weighted by atomic mass is 10.1. The second-order valence-electron chi connectivity index (χ2n) is 5.87. The van der Waals surface area contributed by atoms with Crippen molar-refractivity contribution in [3.63, 3.8) is 0 Å². The van der Waals surface area contributed by atoms with Crippen molar-refractivity contribution in [1.82, 2.24) is 19.5 Å². The highest BCUT2D eigenvalue weighted by atomic mass is 16.3. The number of hydrogen-bond donors (Lipinski definition) is 3. The van der Waals surface area contributed by atoms with Crippen LogP contribution >= 0.6 is 0 Å². The average molecular weight is 354 g/mol. The van der Waals surface area contributed by atoms with Gasteiger partial charge in [-0.1, -0.05) is 6.92 Å². The standard InChI is InChI=1S/C18H22N6O2/c1-3-13(11-25)21-17-16-12(5-8-24(4-2)18(16)26)9-14(23-17)22-15-10-19-6-7-20-15/h5-10,13,25H,3-4,11H2,1-2H3,(H2,20,21,22,23)/t13-/m0/s1. The SMILES string of the molecule is CC[C@@H](CO)Nc1nc(Nc2cnccn2)cc2ccn(CC)c(=O)c12. The molecule has 8 heteroatoms. The summed E-state index contributed by atoms with van der Waals surface area (Å²) in [5.74, 6) is 1.55. The third kappa shape index (κ3) is 3.65. The van der Waals surface area contributed by atoms with E-state index in [0.717, 1.165) is 5.39 Å². The van der Waals surface area contributed by atoms with Gasteiger partial charge in [0.05, 0.1) is 24.2 Å². The molecule has 136 valence electrons. The number of pyridine rings is 2. The largest absolute Gasteiger partial charge is 0.394 e. The average Bonchev–Trinajstić information content (AvgIpc) is 2.67. The molecule has 0 aromatic carbocycles. The molecule has 0 aliphatic rings. The third-order valence-corrected chi connectivity index (χ3v) is 4.17. The first-order valence-corrected chi connectivity index (χ1v) is 8.60. The normalized spacial score (nSPS) is 12.1. The quantitative estimate of drug-likeness (QED) is 0.597. The van der Waals surface area contributed by atoms with E-state index in [4.69, 9.17) is 0 Å². The molecule has 1 atom stereocenters. The first-order chi connectivity index (χ1) is 12.7. The molecule has 0 amide bonds. The van der Waals surface area contributed by atoms with Crippen molar-refractivity contribution < 1.29 is 5.11 Å². The van der Waals surface area contributed by atoms with Gasteiger partial charge in [0.25, 0.3) is 5.56 Å². The Hall–Kier alpha value is -3.00. The van der Waals surface area contributed by atoms with Gasteiger partial charge >= 0.3 is 0 Å². The number of aryl methyl sites for hydroxylation is 1.